The molecule has 1 fully saturated rings. The predicted molar refractivity (Wildman–Crippen MR) is 110 cm³/mol. The molecule has 0 bridgehead atoms. The average molecular weight is 466 g/mol. The number of nitrogens with zero attached hydrogens (tertiary/aromatic N) is 2. The lowest BCUT2D eigenvalue weighted by Crippen LogP contribution is -2.42. The fraction of sp³-hybridized carbons (Fsp3) is 0.611. The fourth-order valence-corrected chi connectivity index (χ4v) is 3.10. The molecule has 1 atom stereocenters. The van der Waals surface area contributed by atoms with Gasteiger partial charge < -0.3 is 15.5 Å². The second-order valence-corrected chi connectivity index (χ2v) is 6.46. The molecule has 1 aliphatic rings. The van der Waals surface area contributed by atoms with E-state index in [1.165, 1.54) is 31.0 Å². The summed E-state index contributed by atoms with van der Waals surface area (Å²) in [4.78, 5) is 6.37. The van der Waals surface area contributed by atoms with Gasteiger partial charge in [0.05, 0.1) is 12.6 Å². The van der Waals surface area contributed by atoms with Crippen LogP contribution in [0.2, 0.25) is 0 Å². The van der Waals surface area contributed by atoms with Crippen LogP contribution in [0.25, 0.3) is 0 Å². The maximum Gasteiger partial charge on any atom is 0.191 e. The standard InChI is InChI=1S/C18H28F2N4.HI/c1-4-21-18(23-13-8-5-6-9-13)22-12-16(24(2)3)17-14(19)10-7-11-15(17)20;/h7,10-11,13,16H,4-6,8-9,12H2,1-3H3,(H2,21,22,23);1H. The second kappa shape index (κ2) is 10.9. The Bertz CT molecular complexity index is 540. The highest BCUT2D eigenvalue weighted by Gasteiger charge is 2.22. The molecule has 1 saturated carbocycles. The second-order valence-electron chi connectivity index (χ2n) is 6.46. The summed E-state index contributed by atoms with van der Waals surface area (Å²) in [6.07, 6.45) is 4.75. The third-order valence-corrected chi connectivity index (χ3v) is 4.42. The number of likely N-dealkylation sites (N-methyl/N-ethyl adjacent to an activating group) is 1. The van der Waals surface area contributed by atoms with Gasteiger partial charge in [-0.25, -0.2) is 8.78 Å². The van der Waals surface area contributed by atoms with Crippen molar-refractivity contribution in [3.63, 3.8) is 0 Å². The highest BCUT2D eigenvalue weighted by molar-refractivity contribution is 14.0. The van der Waals surface area contributed by atoms with Gasteiger partial charge in [-0.15, -0.1) is 24.0 Å². The van der Waals surface area contributed by atoms with Crippen LogP contribution in [0, 0.1) is 11.6 Å². The van der Waals surface area contributed by atoms with Gasteiger partial charge in [0.25, 0.3) is 0 Å². The van der Waals surface area contributed by atoms with Crippen molar-refractivity contribution in [2.24, 2.45) is 4.99 Å². The fourth-order valence-electron chi connectivity index (χ4n) is 3.10. The molecule has 0 amide bonds. The van der Waals surface area contributed by atoms with E-state index in [4.69, 9.17) is 0 Å². The summed E-state index contributed by atoms with van der Waals surface area (Å²) < 4.78 is 28.2. The summed E-state index contributed by atoms with van der Waals surface area (Å²) in [5, 5.41) is 6.64. The van der Waals surface area contributed by atoms with Crippen molar-refractivity contribution in [3.8, 4) is 0 Å². The highest BCUT2D eigenvalue weighted by Crippen LogP contribution is 2.25. The number of benzene rings is 1. The van der Waals surface area contributed by atoms with Crippen molar-refractivity contribution >= 4 is 29.9 Å². The lowest BCUT2D eigenvalue weighted by molar-refractivity contribution is 0.290. The van der Waals surface area contributed by atoms with E-state index < -0.39 is 17.7 Å². The Morgan fingerprint density at radius 3 is 2.36 bits per heavy atom. The van der Waals surface area contributed by atoms with Crippen LogP contribution >= 0.6 is 24.0 Å². The zero-order valence-electron chi connectivity index (χ0n) is 15.2. The Morgan fingerprint density at radius 2 is 1.84 bits per heavy atom. The molecule has 0 aromatic heterocycles. The van der Waals surface area contributed by atoms with Gasteiger partial charge in [0.2, 0.25) is 0 Å². The van der Waals surface area contributed by atoms with Crippen molar-refractivity contribution in [2.75, 3.05) is 27.2 Å². The van der Waals surface area contributed by atoms with E-state index in [0.717, 1.165) is 19.4 Å². The smallest absolute Gasteiger partial charge is 0.191 e. The minimum Gasteiger partial charge on any atom is -0.357 e. The number of hydrogen-bond donors (Lipinski definition) is 2. The van der Waals surface area contributed by atoms with Crippen LogP contribution in [0.5, 0.6) is 0 Å². The van der Waals surface area contributed by atoms with E-state index >= 15 is 0 Å². The molecule has 1 aliphatic carbocycles. The minimum atomic E-state index is -0.530. The number of aliphatic imine (C=N–C) groups is 1. The van der Waals surface area contributed by atoms with Gasteiger partial charge >= 0.3 is 0 Å². The molecule has 2 rings (SSSR count). The maximum atomic E-state index is 14.1. The van der Waals surface area contributed by atoms with Crippen molar-refractivity contribution < 1.29 is 8.78 Å². The van der Waals surface area contributed by atoms with Crippen molar-refractivity contribution in [1.29, 1.82) is 0 Å². The third kappa shape index (κ3) is 6.36. The molecule has 142 valence electrons. The lowest BCUT2D eigenvalue weighted by Gasteiger charge is -2.25. The molecule has 25 heavy (non-hydrogen) atoms. The summed E-state index contributed by atoms with van der Waals surface area (Å²) in [5.41, 5.74) is 0.0722. The number of hydrogen-bond acceptors (Lipinski definition) is 2. The Morgan fingerprint density at radius 1 is 1.24 bits per heavy atom. The molecule has 2 N–H and O–H groups in total. The highest BCUT2D eigenvalue weighted by atomic mass is 127. The van der Waals surface area contributed by atoms with Gasteiger partial charge in [-0.1, -0.05) is 18.9 Å². The average Bonchev–Trinajstić information content (AvgIpc) is 3.02. The van der Waals surface area contributed by atoms with E-state index in [0.29, 0.717) is 12.0 Å². The summed E-state index contributed by atoms with van der Waals surface area (Å²) in [5.74, 6) is -0.344. The lowest BCUT2D eigenvalue weighted by atomic mass is 10.0. The first kappa shape index (κ1) is 22.1. The monoisotopic (exact) mass is 466 g/mol. The van der Waals surface area contributed by atoms with Crippen LogP contribution < -0.4 is 10.6 Å². The topological polar surface area (TPSA) is 39.7 Å². The number of rotatable bonds is 6. The molecule has 0 spiro atoms. The summed E-state index contributed by atoms with van der Waals surface area (Å²) >= 11 is 0. The van der Waals surface area contributed by atoms with Crippen LogP contribution in [0.3, 0.4) is 0 Å². The quantitative estimate of drug-likeness (QED) is 0.382. The zero-order chi connectivity index (χ0) is 17.5. The van der Waals surface area contributed by atoms with E-state index in [1.54, 1.807) is 4.90 Å². The Labute approximate surface area is 166 Å². The van der Waals surface area contributed by atoms with Gasteiger partial charge in [-0.2, -0.15) is 0 Å². The molecule has 0 radical (unpaired) electrons. The Kier molecular flexibility index (Phi) is 9.63. The maximum absolute atomic E-state index is 14.1. The number of halogens is 3. The molecule has 7 heteroatoms. The van der Waals surface area contributed by atoms with Crippen LogP contribution in [0.1, 0.15) is 44.2 Å². The Hall–Kier alpha value is -0.960. The molecular formula is C18H29F2IN4. The van der Waals surface area contributed by atoms with Gasteiger partial charge in [0.15, 0.2) is 5.96 Å². The van der Waals surface area contributed by atoms with E-state index in [-0.39, 0.29) is 36.1 Å². The van der Waals surface area contributed by atoms with Crippen LogP contribution in [-0.2, 0) is 0 Å². The van der Waals surface area contributed by atoms with Gasteiger partial charge in [-0.3, -0.25) is 4.99 Å². The summed E-state index contributed by atoms with van der Waals surface area (Å²) in [6.45, 7) is 3.04. The first-order chi connectivity index (χ1) is 11.5. The summed E-state index contributed by atoms with van der Waals surface area (Å²) in [7, 11) is 3.62. The largest absolute Gasteiger partial charge is 0.357 e. The van der Waals surface area contributed by atoms with Gasteiger partial charge in [-0.05, 0) is 46.0 Å². The molecule has 4 nitrogen and oxygen atoms in total. The zero-order valence-corrected chi connectivity index (χ0v) is 17.5. The van der Waals surface area contributed by atoms with Crippen molar-refractivity contribution in [2.45, 2.75) is 44.7 Å². The first-order valence-corrected chi connectivity index (χ1v) is 8.68. The molecule has 1 aromatic carbocycles. The van der Waals surface area contributed by atoms with Crippen LogP contribution in [-0.4, -0.2) is 44.1 Å². The van der Waals surface area contributed by atoms with E-state index in [2.05, 4.69) is 15.6 Å². The van der Waals surface area contributed by atoms with Crippen LogP contribution in [0.4, 0.5) is 8.78 Å². The Balaban J connectivity index is 0.00000312. The normalized spacial score (nSPS) is 16.6. The minimum absolute atomic E-state index is 0. The van der Waals surface area contributed by atoms with Gasteiger partial charge in [0, 0.05) is 18.2 Å². The first-order valence-electron chi connectivity index (χ1n) is 8.68. The van der Waals surface area contributed by atoms with E-state index in [9.17, 15) is 8.78 Å². The molecule has 1 aromatic rings. The van der Waals surface area contributed by atoms with E-state index in [1.807, 2.05) is 21.0 Å². The van der Waals surface area contributed by atoms with Gasteiger partial charge in [0.1, 0.15) is 11.6 Å². The SMILES string of the molecule is CCNC(=NCC(c1c(F)cccc1F)N(C)C)NC1CCCC1.I. The number of guanidine groups is 1. The van der Waals surface area contributed by atoms with Crippen molar-refractivity contribution in [1.82, 2.24) is 15.5 Å². The molecule has 0 aliphatic heterocycles. The molecule has 1 unspecified atom stereocenters. The third-order valence-electron chi connectivity index (χ3n) is 4.42. The summed E-state index contributed by atoms with van der Waals surface area (Å²) in [6, 6.07) is 3.95. The predicted octanol–water partition coefficient (Wildman–Crippen LogP) is 3.68. The molecular weight excluding hydrogens is 437 g/mol. The van der Waals surface area contributed by atoms with Crippen molar-refractivity contribution in [3.05, 3.63) is 35.4 Å². The molecule has 0 saturated heterocycles. The van der Waals surface area contributed by atoms with Crippen LogP contribution in [0.15, 0.2) is 23.2 Å². The molecule has 0 heterocycles. The number of nitrogens with one attached hydrogen (secondary N) is 2.